The number of rotatable bonds is 7. The predicted molar refractivity (Wildman–Crippen MR) is 133 cm³/mol. The molecule has 39 heavy (non-hydrogen) atoms. The molecule has 0 aromatic heterocycles. The van der Waals surface area contributed by atoms with Gasteiger partial charge in [0.05, 0.1) is 12.7 Å². The van der Waals surface area contributed by atoms with Gasteiger partial charge in [-0.1, -0.05) is 65.9 Å². The predicted octanol–water partition coefficient (Wildman–Crippen LogP) is 2.83. The summed E-state index contributed by atoms with van der Waals surface area (Å²) in [5.41, 5.74) is 1.71. The molecule has 0 N–H and O–H groups in total. The molecule has 0 radical (unpaired) electrons. The third-order valence-electron chi connectivity index (χ3n) is 8.10. The molecule has 6 rings (SSSR count). The zero-order chi connectivity index (χ0) is 27.1. The molecule has 10 heteroatoms. The van der Waals surface area contributed by atoms with Crippen LogP contribution in [0.15, 0.2) is 60.7 Å². The lowest BCUT2D eigenvalue weighted by Crippen LogP contribution is -2.60. The third kappa shape index (κ3) is 4.31. The molecule has 0 bridgehead atoms. The van der Waals surface area contributed by atoms with Crippen molar-refractivity contribution in [3.8, 4) is 0 Å². The molecule has 4 fully saturated rings. The van der Waals surface area contributed by atoms with Gasteiger partial charge >= 0.3 is 17.9 Å². The van der Waals surface area contributed by atoms with Crippen molar-refractivity contribution >= 4 is 17.9 Å². The van der Waals surface area contributed by atoms with Crippen molar-refractivity contribution in [2.75, 3.05) is 6.61 Å². The lowest BCUT2D eigenvalue weighted by molar-refractivity contribution is -0.462. The zero-order valence-corrected chi connectivity index (χ0v) is 21.8. The highest BCUT2D eigenvalue weighted by atomic mass is 17.0. The first-order chi connectivity index (χ1) is 18.9. The van der Waals surface area contributed by atoms with Crippen LogP contribution in [0.5, 0.6) is 0 Å². The fourth-order valence-electron chi connectivity index (χ4n) is 6.55. The number of hydrogen-bond donors (Lipinski definition) is 0. The van der Waals surface area contributed by atoms with Gasteiger partial charge in [-0.2, -0.15) is 0 Å². The molecule has 3 heterocycles. The number of carbonyl (C=O) groups is 3. The number of nitrogens with zero attached hydrogens (tertiary/aromatic N) is 1. The van der Waals surface area contributed by atoms with Gasteiger partial charge in [-0.25, -0.2) is 9.63 Å². The maximum atomic E-state index is 12.9. The van der Waals surface area contributed by atoms with E-state index in [0.717, 1.165) is 35.6 Å². The van der Waals surface area contributed by atoms with Crippen LogP contribution in [-0.2, 0) is 48.4 Å². The quantitative estimate of drug-likeness (QED) is 0.386. The van der Waals surface area contributed by atoms with E-state index in [1.54, 1.807) is 6.92 Å². The molecule has 2 aromatic rings. The first-order valence-electron chi connectivity index (χ1n) is 13.4. The summed E-state index contributed by atoms with van der Waals surface area (Å²) in [5, 5.41) is 1.11. The summed E-state index contributed by atoms with van der Waals surface area (Å²) in [7, 11) is 0. The Kier molecular flexibility index (Phi) is 6.88. The van der Waals surface area contributed by atoms with E-state index in [1.165, 1.54) is 6.92 Å². The van der Waals surface area contributed by atoms with Gasteiger partial charge in [0.2, 0.25) is 6.29 Å². The van der Waals surface area contributed by atoms with Crippen LogP contribution in [0.25, 0.3) is 0 Å². The highest BCUT2D eigenvalue weighted by molar-refractivity contribution is 5.86. The number of hydrogen-bond acceptors (Lipinski definition) is 10. The van der Waals surface area contributed by atoms with Gasteiger partial charge < -0.3 is 18.9 Å². The minimum atomic E-state index is -1.23. The molecule has 3 saturated heterocycles. The van der Waals surface area contributed by atoms with Crippen LogP contribution in [0, 0.1) is 5.92 Å². The van der Waals surface area contributed by atoms with Crippen LogP contribution < -0.4 is 0 Å². The van der Waals surface area contributed by atoms with E-state index in [2.05, 4.69) is 24.3 Å². The van der Waals surface area contributed by atoms with Crippen molar-refractivity contribution in [1.29, 1.82) is 0 Å². The summed E-state index contributed by atoms with van der Waals surface area (Å²) in [6.45, 7) is 3.07. The van der Waals surface area contributed by atoms with Crippen molar-refractivity contribution < 1.29 is 43.0 Å². The van der Waals surface area contributed by atoms with Crippen molar-refractivity contribution in [3.05, 3.63) is 71.8 Å². The van der Waals surface area contributed by atoms with Crippen LogP contribution in [0.2, 0.25) is 0 Å². The normalized spacial score (nSPS) is 32.9. The van der Waals surface area contributed by atoms with E-state index in [0.29, 0.717) is 0 Å². The highest BCUT2D eigenvalue weighted by Crippen LogP contribution is 2.50. The van der Waals surface area contributed by atoms with Gasteiger partial charge in [-0.05, 0) is 37.3 Å². The Balaban J connectivity index is 1.35. The SMILES string of the molecule is CCOC(=O)[C@@H]1ON2OC(OC3CCCC3(c3ccccc3)c3ccccc3)C(OC(C)=O)[C@H]3OC(=O)[C@@H]1C32. The molecular weight excluding hydrogens is 506 g/mol. The molecule has 0 amide bonds. The molecule has 1 saturated carbocycles. The van der Waals surface area contributed by atoms with Crippen LogP contribution in [0.3, 0.4) is 0 Å². The fourth-order valence-corrected chi connectivity index (χ4v) is 6.55. The molecule has 0 spiro atoms. The number of carbonyl (C=O) groups excluding carboxylic acids is 3. The summed E-state index contributed by atoms with van der Waals surface area (Å²) in [5.74, 6) is -2.89. The Labute approximate surface area is 226 Å². The molecule has 206 valence electrons. The second-order valence-corrected chi connectivity index (χ2v) is 10.2. The first kappa shape index (κ1) is 25.9. The molecule has 4 aliphatic rings. The van der Waals surface area contributed by atoms with Gasteiger partial charge in [-0.15, -0.1) is 0 Å². The highest BCUT2D eigenvalue weighted by Gasteiger charge is 2.68. The van der Waals surface area contributed by atoms with Gasteiger partial charge in [0.25, 0.3) is 0 Å². The summed E-state index contributed by atoms with van der Waals surface area (Å²) < 4.78 is 23.2. The second-order valence-electron chi connectivity index (χ2n) is 10.2. The van der Waals surface area contributed by atoms with Crippen LogP contribution >= 0.6 is 0 Å². The largest absolute Gasteiger partial charge is 0.464 e. The molecule has 4 unspecified atom stereocenters. The van der Waals surface area contributed by atoms with Crippen LogP contribution in [-0.4, -0.2) is 66.5 Å². The minimum Gasteiger partial charge on any atom is -0.464 e. The standard InChI is InChI=1S/C29H31NO9/c1-3-34-27(33)23-21-22-24(37-26(21)32)25(35-17(2)31)28(39-30(22)38-23)36-20-15-10-16-29(20,18-11-6-4-7-12-18)19-13-8-5-9-14-19/h4-9,11-14,20-25,28H,3,10,15-16H2,1-2H3/t20?,21-,22?,23-,24+,25?,28?/m1/s1. The van der Waals surface area contributed by atoms with Crippen molar-refractivity contribution in [3.63, 3.8) is 0 Å². The molecule has 7 atom stereocenters. The molecule has 2 aromatic carbocycles. The van der Waals surface area contributed by atoms with E-state index in [9.17, 15) is 14.4 Å². The lowest BCUT2D eigenvalue weighted by Gasteiger charge is -2.44. The van der Waals surface area contributed by atoms with Crippen molar-refractivity contribution in [2.24, 2.45) is 5.92 Å². The molecule has 10 nitrogen and oxygen atoms in total. The Bertz CT molecular complexity index is 1180. The number of esters is 3. The van der Waals surface area contributed by atoms with Gasteiger partial charge in [0.15, 0.2) is 18.3 Å². The number of benzene rings is 2. The van der Waals surface area contributed by atoms with E-state index >= 15 is 0 Å². The van der Waals surface area contributed by atoms with Gasteiger partial charge in [0.1, 0.15) is 12.0 Å². The summed E-state index contributed by atoms with van der Waals surface area (Å²) in [4.78, 5) is 49.5. The van der Waals surface area contributed by atoms with Gasteiger partial charge in [0, 0.05) is 12.3 Å². The van der Waals surface area contributed by atoms with E-state index in [4.69, 9.17) is 28.6 Å². The topological polar surface area (TPSA) is 110 Å². The Hall–Kier alpha value is -3.31. The number of ether oxygens (including phenoxy) is 4. The lowest BCUT2D eigenvalue weighted by atomic mass is 9.71. The van der Waals surface area contributed by atoms with E-state index in [1.807, 2.05) is 36.4 Å². The smallest absolute Gasteiger partial charge is 0.338 e. The van der Waals surface area contributed by atoms with Gasteiger partial charge in [-0.3, -0.25) is 14.4 Å². The minimum absolute atomic E-state index is 0.125. The third-order valence-corrected chi connectivity index (χ3v) is 8.10. The van der Waals surface area contributed by atoms with Crippen LogP contribution in [0.1, 0.15) is 44.2 Å². The average Bonchev–Trinajstić information content (AvgIpc) is 3.63. The van der Waals surface area contributed by atoms with Crippen molar-refractivity contribution in [2.45, 2.75) is 75.3 Å². The van der Waals surface area contributed by atoms with Crippen molar-refractivity contribution in [1.82, 2.24) is 5.23 Å². The monoisotopic (exact) mass is 537 g/mol. The van der Waals surface area contributed by atoms with Crippen LogP contribution in [0.4, 0.5) is 0 Å². The maximum Gasteiger partial charge on any atom is 0.338 e. The summed E-state index contributed by atoms with van der Waals surface area (Å²) in [6.07, 6.45) is -2.31. The van der Waals surface area contributed by atoms with E-state index in [-0.39, 0.29) is 12.7 Å². The second kappa shape index (κ2) is 10.3. The Morgan fingerprint density at radius 1 is 1.03 bits per heavy atom. The summed E-state index contributed by atoms with van der Waals surface area (Å²) >= 11 is 0. The Morgan fingerprint density at radius 3 is 2.31 bits per heavy atom. The maximum absolute atomic E-state index is 12.9. The Morgan fingerprint density at radius 2 is 1.69 bits per heavy atom. The molecular formula is C29H31NO9. The first-order valence-corrected chi connectivity index (χ1v) is 13.4. The zero-order valence-electron chi connectivity index (χ0n) is 21.8. The molecule has 1 aliphatic carbocycles. The molecule has 3 aliphatic heterocycles. The van der Waals surface area contributed by atoms with E-state index < -0.39 is 59.9 Å². The fraction of sp³-hybridized carbons (Fsp3) is 0.483. The average molecular weight is 538 g/mol. The summed E-state index contributed by atoms with van der Waals surface area (Å²) in [6, 6.07) is 19.5. The number of hydroxylamine groups is 2.